The highest BCUT2D eigenvalue weighted by molar-refractivity contribution is 5.94. The van der Waals surface area contributed by atoms with Crippen molar-refractivity contribution in [2.45, 2.75) is 37.6 Å². The monoisotopic (exact) mass is 475 g/mol. The lowest BCUT2D eigenvalue weighted by molar-refractivity contribution is -0.138. The minimum atomic E-state index is -0.831. The molecular formula is C26H25N3O6. The summed E-state index contributed by atoms with van der Waals surface area (Å²) in [5.41, 5.74) is 4.52. The number of benzene rings is 2. The molecule has 2 atom stereocenters. The number of carbonyl (C=O) groups excluding carboxylic acids is 2. The van der Waals surface area contributed by atoms with Gasteiger partial charge in [-0.2, -0.15) is 0 Å². The van der Waals surface area contributed by atoms with E-state index in [0.717, 1.165) is 28.7 Å². The number of nitrogens with zero attached hydrogens (tertiary/aromatic N) is 1. The first-order chi connectivity index (χ1) is 17.0. The predicted octanol–water partition coefficient (Wildman–Crippen LogP) is 4.41. The van der Waals surface area contributed by atoms with Gasteiger partial charge in [-0.05, 0) is 47.4 Å². The first-order valence-electron chi connectivity index (χ1n) is 11.6. The maximum Gasteiger partial charge on any atom is 0.414 e. The molecule has 2 amide bonds. The number of aliphatic carboxylic acids is 1. The number of rotatable bonds is 7. The zero-order valence-corrected chi connectivity index (χ0v) is 18.9. The molecule has 3 aromatic rings. The second kappa shape index (κ2) is 9.61. The molecule has 1 fully saturated rings. The minimum Gasteiger partial charge on any atom is -0.481 e. The lowest BCUT2D eigenvalue weighted by Gasteiger charge is -2.14. The average molecular weight is 476 g/mol. The number of hydrogen-bond acceptors (Lipinski definition) is 6. The fraction of sp³-hybridized carbons (Fsp3) is 0.308. The summed E-state index contributed by atoms with van der Waals surface area (Å²) >= 11 is 0. The Morgan fingerprint density at radius 2 is 1.71 bits per heavy atom. The summed E-state index contributed by atoms with van der Waals surface area (Å²) in [6.07, 6.45) is 1.48. The Morgan fingerprint density at radius 3 is 2.40 bits per heavy atom. The van der Waals surface area contributed by atoms with Crippen LogP contribution in [-0.2, 0) is 9.53 Å². The number of aromatic nitrogens is 1. The summed E-state index contributed by atoms with van der Waals surface area (Å²) in [6.45, 7) is 0.153. The van der Waals surface area contributed by atoms with Gasteiger partial charge in [-0.1, -0.05) is 53.7 Å². The second-order valence-corrected chi connectivity index (χ2v) is 8.97. The van der Waals surface area contributed by atoms with Gasteiger partial charge in [0.1, 0.15) is 6.61 Å². The fourth-order valence-electron chi connectivity index (χ4n) is 5.07. The normalized spacial score (nSPS) is 18.5. The first kappa shape index (κ1) is 22.6. The van der Waals surface area contributed by atoms with Gasteiger partial charge < -0.3 is 19.7 Å². The van der Waals surface area contributed by atoms with E-state index in [-0.39, 0.29) is 42.5 Å². The van der Waals surface area contributed by atoms with Crippen molar-refractivity contribution in [1.29, 1.82) is 0 Å². The van der Waals surface area contributed by atoms with E-state index in [4.69, 9.17) is 14.4 Å². The predicted molar refractivity (Wildman–Crippen MR) is 126 cm³/mol. The number of carboxylic acid groups (broad SMARTS) is 1. The zero-order chi connectivity index (χ0) is 24.4. The van der Waals surface area contributed by atoms with Crippen LogP contribution >= 0.6 is 0 Å². The molecule has 1 heterocycles. The van der Waals surface area contributed by atoms with E-state index in [1.54, 1.807) is 0 Å². The number of ether oxygens (including phenoxy) is 1. The molecule has 3 N–H and O–H groups in total. The van der Waals surface area contributed by atoms with Gasteiger partial charge in [-0.15, -0.1) is 0 Å². The molecule has 0 bridgehead atoms. The molecule has 1 aromatic heterocycles. The van der Waals surface area contributed by atoms with Crippen LogP contribution in [0.5, 0.6) is 0 Å². The van der Waals surface area contributed by atoms with E-state index < -0.39 is 18.0 Å². The summed E-state index contributed by atoms with van der Waals surface area (Å²) < 4.78 is 10.6. The van der Waals surface area contributed by atoms with Crippen molar-refractivity contribution < 1.29 is 28.8 Å². The van der Waals surface area contributed by atoms with Crippen LogP contribution in [0.4, 0.5) is 10.7 Å². The van der Waals surface area contributed by atoms with Gasteiger partial charge in [0.25, 0.3) is 5.91 Å². The lowest BCUT2D eigenvalue weighted by Crippen LogP contribution is -2.33. The van der Waals surface area contributed by atoms with Crippen LogP contribution in [0.15, 0.2) is 59.1 Å². The third-order valence-electron chi connectivity index (χ3n) is 6.65. The standard InChI is InChI=1S/C26H25N3O6/c30-24(31)12-15-9-10-16(11-15)27-25(32)22-13-23(35-29-22)28-26(33)34-14-21-19-7-3-1-5-17(19)18-6-2-4-8-20(18)21/h1-8,13,15-16,21H,9-12,14H2,(H,27,32)(H,28,33)(H,30,31)/t15-,16+/m0/s1. The molecule has 9 heteroatoms. The van der Waals surface area contributed by atoms with Gasteiger partial charge in [-0.3, -0.25) is 14.9 Å². The van der Waals surface area contributed by atoms with Crippen molar-refractivity contribution in [3.8, 4) is 11.1 Å². The van der Waals surface area contributed by atoms with E-state index >= 15 is 0 Å². The van der Waals surface area contributed by atoms with Crippen LogP contribution in [0.3, 0.4) is 0 Å². The molecule has 1 saturated carbocycles. The van der Waals surface area contributed by atoms with Gasteiger partial charge in [0.05, 0.1) is 0 Å². The molecule has 2 aromatic carbocycles. The number of hydrogen-bond donors (Lipinski definition) is 3. The number of anilines is 1. The molecule has 180 valence electrons. The van der Waals surface area contributed by atoms with E-state index in [9.17, 15) is 14.4 Å². The van der Waals surface area contributed by atoms with Gasteiger partial charge in [0, 0.05) is 24.4 Å². The number of fused-ring (bicyclic) bond motifs is 3. The van der Waals surface area contributed by atoms with Crippen molar-refractivity contribution in [2.75, 3.05) is 11.9 Å². The summed E-state index contributed by atoms with van der Waals surface area (Å²) in [7, 11) is 0. The number of amides is 2. The molecule has 2 aliphatic carbocycles. The van der Waals surface area contributed by atoms with Crippen LogP contribution in [0.2, 0.25) is 0 Å². The number of carbonyl (C=O) groups is 3. The Balaban J connectivity index is 1.15. The fourth-order valence-corrected chi connectivity index (χ4v) is 5.07. The molecular weight excluding hydrogens is 450 g/mol. The average Bonchev–Trinajstić information content (AvgIpc) is 3.55. The van der Waals surface area contributed by atoms with E-state index in [0.29, 0.717) is 12.8 Å². The van der Waals surface area contributed by atoms with Gasteiger partial charge >= 0.3 is 12.1 Å². The third-order valence-corrected chi connectivity index (χ3v) is 6.65. The van der Waals surface area contributed by atoms with Crippen LogP contribution in [-0.4, -0.2) is 40.9 Å². The maximum absolute atomic E-state index is 12.5. The zero-order valence-electron chi connectivity index (χ0n) is 18.9. The quantitative estimate of drug-likeness (QED) is 0.461. The molecule has 0 unspecified atom stereocenters. The molecule has 0 saturated heterocycles. The Hall–Kier alpha value is -4.14. The largest absolute Gasteiger partial charge is 0.481 e. The summed E-state index contributed by atoms with van der Waals surface area (Å²) in [5.74, 6) is -1.28. The Bertz CT molecular complexity index is 1220. The maximum atomic E-state index is 12.5. The number of nitrogens with one attached hydrogen (secondary N) is 2. The van der Waals surface area contributed by atoms with Gasteiger partial charge in [0.2, 0.25) is 5.88 Å². The van der Waals surface area contributed by atoms with Crippen molar-refractivity contribution in [3.05, 3.63) is 71.4 Å². The smallest absolute Gasteiger partial charge is 0.414 e. The SMILES string of the molecule is O=C(O)C[C@H]1CC[C@@H](NC(=O)c2cc(NC(=O)OCC3c4ccccc4-c4ccccc43)on2)C1. The van der Waals surface area contributed by atoms with Crippen LogP contribution in [0.25, 0.3) is 11.1 Å². The van der Waals surface area contributed by atoms with E-state index in [1.165, 1.54) is 6.07 Å². The highest BCUT2D eigenvalue weighted by Crippen LogP contribution is 2.44. The molecule has 5 rings (SSSR count). The third kappa shape index (κ3) is 4.89. The minimum absolute atomic E-state index is 0.00236. The molecule has 9 nitrogen and oxygen atoms in total. The van der Waals surface area contributed by atoms with Crippen molar-refractivity contribution >= 4 is 23.9 Å². The van der Waals surface area contributed by atoms with Crippen LogP contribution < -0.4 is 10.6 Å². The molecule has 35 heavy (non-hydrogen) atoms. The summed E-state index contributed by atoms with van der Waals surface area (Å²) in [4.78, 5) is 35.7. The second-order valence-electron chi connectivity index (χ2n) is 8.97. The lowest BCUT2D eigenvalue weighted by atomic mass is 9.98. The topological polar surface area (TPSA) is 131 Å². The Labute approximate surface area is 201 Å². The van der Waals surface area contributed by atoms with E-state index in [2.05, 4.69) is 27.9 Å². The highest BCUT2D eigenvalue weighted by Gasteiger charge is 2.30. The molecule has 2 aliphatic rings. The summed E-state index contributed by atoms with van der Waals surface area (Å²) in [5, 5.41) is 18.0. The van der Waals surface area contributed by atoms with Crippen LogP contribution in [0, 0.1) is 5.92 Å². The molecule has 0 aliphatic heterocycles. The number of carboxylic acids is 1. The van der Waals surface area contributed by atoms with Crippen molar-refractivity contribution in [3.63, 3.8) is 0 Å². The van der Waals surface area contributed by atoms with Crippen molar-refractivity contribution in [2.24, 2.45) is 5.92 Å². The van der Waals surface area contributed by atoms with Crippen LogP contribution in [0.1, 0.15) is 53.2 Å². The van der Waals surface area contributed by atoms with E-state index in [1.807, 2.05) is 36.4 Å². The highest BCUT2D eigenvalue weighted by atomic mass is 16.6. The molecule has 0 radical (unpaired) electrons. The molecule has 0 spiro atoms. The van der Waals surface area contributed by atoms with Crippen molar-refractivity contribution in [1.82, 2.24) is 10.5 Å². The Morgan fingerprint density at radius 1 is 1.03 bits per heavy atom. The Kier molecular flexibility index (Phi) is 6.22. The van der Waals surface area contributed by atoms with Gasteiger partial charge in [-0.25, -0.2) is 4.79 Å². The van der Waals surface area contributed by atoms with Gasteiger partial charge in [0.15, 0.2) is 5.69 Å². The summed E-state index contributed by atoms with van der Waals surface area (Å²) in [6, 6.07) is 17.3. The first-order valence-corrected chi connectivity index (χ1v) is 11.6.